The highest BCUT2D eigenvalue weighted by Crippen LogP contribution is 2.34. The molecule has 0 saturated carbocycles. The molecule has 3 N–H and O–H groups in total. The highest BCUT2D eigenvalue weighted by Gasteiger charge is 2.27. The summed E-state index contributed by atoms with van der Waals surface area (Å²) >= 11 is 0. The van der Waals surface area contributed by atoms with Crippen molar-refractivity contribution in [3.63, 3.8) is 0 Å². The Morgan fingerprint density at radius 1 is 1.05 bits per heavy atom. The number of anilines is 2. The van der Waals surface area contributed by atoms with Crippen molar-refractivity contribution in [2.75, 3.05) is 38.1 Å². The van der Waals surface area contributed by atoms with Crippen molar-refractivity contribution < 1.29 is 23.8 Å². The second kappa shape index (κ2) is 10.2. The number of hydrogen-bond donors (Lipinski definition) is 3. The van der Waals surface area contributed by atoms with E-state index in [0.717, 1.165) is 11.8 Å². The van der Waals surface area contributed by atoms with Crippen LogP contribution in [0.1, 0.15) is 23.9 Å². The van der Waals surface area contributed by atoms with Crippen molar-refractivity contribution in [1.82, 2.24) is 34.3 Å². The van der Waals surface area contributed by atoms with Gasteiger partial charge in [0.2, 0.25) is 5.95 Å². The topological polar surface area (TPSA) is 133 Å². The van der Waals surface area contributed by atoms with Crippen molar-refractivity contribution in [3.05, 3.63) is 59.7 Å². The summed E-state index contributed by atoms with van der Waals surface area (Å²) in [5.41, 5.74) is 1.81. The first-order valence-electron chi connectivity index (χ1n) is 12.7. The fourth-order valence-electron chi connectivity index (χ4n) is 5.21. The molecule has 13 heteroatoms. The molecule has 39 heavy (non-hydrogen) atoms. The van der Waals surface area contributed by atoms with E-state index in [0.29, 0.717) is 62.7 Å². The maximum Gasteiger partial charge on any atom is 0.407 e. The van der Waals surface area contributed by atoms with E-state index in [4.69, 9.17) is 5.11 Å². The number of aromatic nitrogens is 5. The fraction of sp³-hybridized carbons (Fsp3) is 0.346. The van der Waals surface area contributed by atoms with Crippen molar-refractivity contribution in [3.8, 4) is 11.3 Å². The van der Waals surface area contributed by atoms with Crippen LogP contribution >= 0.6 is 0 Å². The van der Waals surface area contributed by atoms with Crippen LogP contribution in [-0.2, 0) is 13.0 Å². The van der Waals surface area contributed by atoms with Gasteiger partial charge in [0.05, 0.1) is 24.4 Å². The van der Waals surface area contributed by atoms with E-state index in [9.17, 15) is 18.7 Å². The van der Waals surface area contributed by atoms with Crippen LogP contribution in [0.4, 0.5) is 25.3 Å². The SMILES string of the molecule is O=C(O)N1CCN(Cc2ccc(Nc3ncc(F)c(-c4cc(F)c5nc6n(c5c4)[C@H](CO)CC6)n3)nc2)CC1. The van der Waals surface area contributed by atoms with Crippen LogP contribution in [0, 0.1) is 11.6 Å². The number of rotatable bonds is 6. The predicted molar refractivity (Wildman–Crippen MR) is 138 cm³/mol. The Hall–Kier alpha value is -4.23. The second-order valence-corrected chi connectivity index (χ2v) is 9.71. The molecule has 1 amide bonds. The number of aliphatic hydroxyl groups excluding tert-OH is 1. The van der Waals surface area contributed by atoms with Crippen LogP contribution < -0.4 is 5.32 Å². The molecule has 0 spiro atoms. The van der Waals surface area contributed by atoms with Gasteiger partial charge in [-0.05, 0) is 30.2 Å². The molecule has 2 aliphatic heterocycles. The standard InChI is InChI=1S/C26H26F2N8O3/c27-18-9-16(10-20-24(18)32-22-4-2-17(14-37)36(20)22)23-19(28)12-30-25(33-23)31-21-3-1-15(11-29-21)13-34-5-7-35(8-6-34)26(38)39/h1,3,9-12,17,37H,2,4-8,13-14H2,(H,38,39)(H,29,30,31,33)/t17-/m0/s1. The molecule has 0 bridgehead atoms. The molecule has 1 aromatic carbocycles. The molecule has 202 valence electrons. The van der Waals surface area contributed by atoms with Crippen LogP contribution in [0.25, 0.3) is 22.3 Å². The first-order chi connectivity index (χ1) is 18.9. The average molecular weight is 537 g/mol. The number of imidazole rings is 1. The van der Waals surface area contributed by atoms with Crippen molar-refractivity contribution in [2.24, 2.45) is 0 Å². The van der Waals surface area contributed by atoms with E-state index in [2.05, 4.69) is 30.2 Å². The second-order valence-electron chi connectivity index (χ2n) is 9.71. The number of benzene rings is 1. The summed E-state index contributed by atoms with van der Waals surface area (Å²) in [4.78, 5) is 31.7. The van der Waals surface area contributed by atoms with Gasteiger partial charge >= 0.3 is 6.09 Å². The number of halogens is 2. The summed E-state index contributed by atoms with van der Waals surface area (Å²) in [6, 6.07) is 6.30. The molecule has 0 radical (unpaired) electrons. The zero-order valence-electron chi connectivity index (χ0n) is 20.9. The quantitative estimate of drug-likeness (QED) is 0.340. The maximum atomic E-state index is 15.0. The lowest BCUT2D eigenvalue weighted by molar-refractivity contribution is 0.103. The lowest BCUT2D eigenvalue weighted by Crippen LogP contribution is -2.47. The number of carboxylic acid groups (broad SMARTS) is 1. The molecule has 5 heterocycles. The van der Waals surface area contributed by atoms with Gasteiger partial charge in [-0.15, -0.1) is 0 Å². The number of pyridine rings is 1. The molecule has 1 saturated heterocycles. The Morgan fingerprint density at radius 3 is 2.59 bits per heavy atom. The Bertz CT molecular complexity index is 1540. The number of carbonyl (C=O) groups is 1. The number of amides is 1. The lowest BCUT2D eigenvalue weighted by Gasteiger charge is -2.32. The zero-order chi connectivity index (χ0) is 27.1. The lowest BCUT2D eigenvalue weighted by atomic mass is 10.1. The number of fused-ring (bicyclic) bond motifs is 3. The van der Waals surface area contributed by atoms with E-state index in [1.807, 2.05) is 10.6 Å². The van der Waals surface area contributed by atoms with Gasteiger partial charge < -0.3 is 25.0 Å². The minimum atomic E-state index is -0.899. The Labute approximate surface area is 221 Å². The molecular weight excluding hydrogens is 510 g/mol. The molecular formula is C26H26F2N8O3. The van der Waals surface area contributed by atoms with E-state index in [1.165, 1.54) is 11.0 Å². The van der Waals surface area contributed by atoms with Gasteiger partial charge in [0.15, 0.2) is 11.6 Å². The molecule has 4 aromatic rings. The molecule has 2 aliphatic rings. The molecule has 1 atom stereocenters. The largest absolute Gasteiger partial charge is 0.465 e. The van der Waals surface area contributed by atoms with Gasteiger partial charge in [0.1, 0.15) is 22.9 Å². The summed E-state index contributed by atoms with van der Waals surface area (Å²) in [5.74, 6) is -0.0416. The summed E-state index contributed by atoms with van der Waals surface area (Å²) in [6.07, 6.45) is 3.18. The molecule has 0 aliphatic carbocycles. The Morgan fingerprint density at radius 2 is 1.87 bits per heavy atom. The third-order valence-corrected chi connectivity index (χ3v) is 7.23. The van der Waals surface area contributed by atoms with Crippen LogP contribution in [0.3, 0.4) is 0 Å². The van der Waals surface area contributed by atoms with Crippen molar-refractivity contribution in [1.29, 1.82) is 0 Å². The average Bonchev–Trinajstić information content (AvgIpc) is 3.51. The zero-order valence-corrected chi connectivity index (χ0v) is 20.9. The minimum absolute atomic E-state index is 0.0699. The number of aliphatic hydroxyl groups is 1. The van der Waals surface area contributed by atoms with Gasteiger partial charge in [0, 0.05) is 50.9 Å². The van der Waals surface area contributed by atoms with Crippen molar-refractivity contribution >= 4 is 28.9 Å². The van der Waals surface area contributed by atoms with E-state index >= 15 is 0 Å². The molecule has 6 rings (SSSR count). The Balaban J connectivity index is 1.20. The van der Waals surface area contributed by atoms with Gasteiger partial charge in [-0.3, -0.25) is 4.90 Å². The highest BCUT2D eigenvalue weighted by molar-refractivity contribution is 5.83. The van der Waals surface area contributed by atoms with Gasteiger partial charge in [0.25, 0.3) is 0 Å². The number of piperazine rings is 1. The summed E-state index contributed by atoms with van der Waals surface area (Å²) < 4.78 is 31.6. The molecule has 0 unspecified atom stereocenters. The number of aryl methyl sites for hydroxylation is 1. The molecule has 1 fully saturated rings. The summed E-state index contributed by atoms with van der Waals surface area (Å²) in [6.45, 7) is 2.78. The van der Waals surface area contributed by atoms with Crippen LogP contribution in [-0.4, -0.2) is 83.4 Å². The fourth-order valence-corrected chi connectivity index (χ4v) is 5.21. The number of hydrogen-bond acceptors (Lipinski definition) is 8. The van der Waals surface area contributed by atoms with E-state index in [1.54, 1.807) is 18.3 Å². The highest BCUT2D eigenvalue weighted by atomic mass is 19.1. The summed E-state index contributed by atoms with van der Waals surface area (Å²) in [7, 11) is 0. The third kappa shape index (κ3) is 4.86. The van der Waals surface area contributed by atoms with Crippen LogP contribution in [0.15, 0.2) is 36.7 Å². The normalized spacial score (nSPS) is 17.5. The smallest absolute Gasteiger partial charge is 0.407 e. The van der Waals surface area contributed by atoms with E-state index < -0.39 is 17.7 Å². The first-order valence-corrected chi connectivity index (χ1v) is 12.7. The van der Waals surface area contributed by atoms with Crippen molar-refractivity contribution in [2.45, 2.75) is 25.4 Å². The summed E-state index contributed by atoms with van der Waals surface area (Å²) in [5, 5.41) is 21.8. The maximum absolute atomic E-state index is 15.0. The van der Waals surface area contributed by atoms with Crippen LogP contribution in [0.5, 0.6) is 0 Å². The first kappa shape index (κ1) is 25.1. The predicted octanol–water partition coefficient (Wildman–Crippen LogP) is 3.19. The van der Waals surface area contributed by atoms with E-state index in [-0.39, 0.29) is 35.4 Å². The van der Waals surface area contributed by atoms with Gasteiger partial charge in [-0.2, -0.15) is 0 Å². The molecule has 3 aromatic heterocycles. The third-order valence-electron chi connectivity index (χ3n) is 7.23. The van der Waals surface area contributed by atoms with Gasteiger partial charge in [-0.25, -0.2) is 33.5 Å². The Kier molecular flexibility index (Phi) is 6.53. The monoisotopic (exact) mass is 536 g/mol. The number of nitrogens with one attached hydrogen (secondary N) is 1. The minimum Gasteiger partial charge on any atom is -0.465 e. The molecule has 11 nitrogen and oxygen atoms in total. The van der Waals surface area contributed by atoms with Gasteiger partial charge in [-0.1, -0.05) is 6.07 Å². The van der Waals surface area contributed by atoms with Crippen LogP contribution in [0.2, 0.25) is 0 Å². The number of nitrogens with zero attached hydrogens (tertiary/aromatic N) is 7.